The van der Waals surface area contributed by atoms with Crippen LogP contribution in [0, 0.1) is 0 Å². The van der Waals surface area contributed by atoms with E-state index >= 15 is 0 Å². The summed E-state index contributed by atoms with van der Waals surface area (Å²) < 4.78 is 13.0. The minimum absolute atomic E-state index is 0.0600. The van der Waals surface area contributed by atoms with Gasteiger partial charge < -0.3 is 18.8 Å². The maximum absolute atomic E-state index is 7.90. The summed E-state index contributed by atoms with van der Waals surface area (Å²) in [5.41, 5.74) is 31.8. The van der Waals surface area contributed by atoms with Crippen molar-refractivity contribution < 1.29 is 4.42 Å². The van der Waals surface area contributed by atoms with Gasteiger partial charge in [0.25, 0.3) is 6.71 Å². The van der Waals surface area contributed by atoms with Gasteiger partial charge >= 0.3 is 0 Å². The second-order valence-electron chi connectivity index (χ2n) is 38.3. The highest BCUT2D eigenvalue weighted by atomic mass is 32.1. The molecule has 0 radical (unpaired) electrons. The number of thiophene rings is 1. The van der Waals surface area contributed by atoms with Gasteiger partial charge in [-0.15, -0.1) is 11.3 Å². The largest absolute Gasteiger partial charge is 0.454 e. The summed E-state index contributed by atoms with van der Waals surface area (Å²) in [7, 11) is 0. The van der Waals surface area contributed by atoms with Gasteiger partial charge in [-0.05, 0) is 189 Å². The lowest BCUT2D eigenvalue weighted by Crippen LogP contribution is -2.60. The summed E-state index contributed by atoms with van der Waals surface area (Å²) in [6, 6.07) is 92.7. The van der Waals surface area contributed by atoms with Crippen molar-refractivity contribution in [3.63, 3.8) is 0 Å². The Labute approximate surface area is 645 Å². The average molecular weight is 1430 g/mol. The first-order valence-corrected chi connectivity index (χ1v) is 39.9. The predicted octanol–water partition coefficient (Wildman–Crippen LogP) is 27.7. The van der Waals surface area contributed by atoms with Gasteiger partial charge in [0.2, 0.25) is 0 Å². The molecule has 0 bridgehead atoms. The number of hydrogen-bond acceptors (Lipinski definition) is 4. The van der Waals surface area contributed by atoms with Crippen molar-refractivity contribution in [1.29, 1.82) is 0 Å². The summed E-state index contributed by atoms with van der Waals surface area (Å²) in [4.78, 5) is 5.51. The van der Waals surface area contributed by atoms with E-state index in [1.54, 1.807) is 0 Å². The molecule has 6 heteroatoms. The highest BCUT2D eigenvalue weighted by molar-refractivity contribution is 7.33. The molecule has 2 aliphatic rings. The number of para-hydroxylation sites is 3. The lowest BCUT2D eigenvalue weighted by Gasteiger charge is -2.45. The van der Waals surface area contributed by atoms with Crippen molar-refractivity contribution in [2.45, 2.75) is 183 Å². The third kappa shape index (κ3) is 11.8. The lowest BCUT2D eigenvalue weighted by molar-refractivity contribution is 0.589. The van der Waals surface area contributed by atoms with Crippen LogP contribution in [0.4, 0.5) is 34.1 Å². The smallest absolute Gasteiger partial charge is 0.264 e. The van der Waals surface area contributed by atoms with Gasteiger partial charge in [0, 0.05) is 75.7 Å². The number of rotatable bonds is 7. The second-order valence-corrected chi connectivity index (χ2v) is 39.4. The third-order valence-corrected chi connectivity index (χ3v) is 24.7. The standard InChI is InChI=1S/C102H102BN3OS/c1-96(2,3)65-42-34-61(35-43-65)76-55-70(101(16,17)18)56-77(62-36-44-66(45-37-62)97(4,5)6)90(76)105-85-52-51-72(104-83-31-25-22-28-73(83)74-29-23-26-32-84(74)104)59-82(85)103-89-86(105)60-80-75-30-24-27-33-87(75)107-94(80)93(89)106(92-81-54-69(100(13,14)15)50-53-88(81)108-95(92)103)91-78(63-38-46-67(47-39-63)98(7,8)9)57-71(102(19,20)21)58-79(91)64-40-48-68(49-41-64)99(10,11)12/h22-60H,1-21H3. The topological polar surface area (TPSA) is 24.6 Å². The fourth-order valence-electron chi connectivity index (χ4n) is 17.1. The zero-order valence-electron chi connectivity index (χ0n) is 67.3. The normalized spacial score (nSPS) is 13.7. The van der Waals surface area contributed by atoms with E-state index in [0.717, 1.165) is 89.4 Å². The van der Waals surface area contributed by atoms with Crippen LogP contribution in [-0.2, 0) is 37.9 Å². The van der Waals surface area contributed by atoms with E-state index < -0.39 is 0 Å². The zero-order valence-corrected chi connectivity index (χ0v) is 68.1. The van der Waals surface area contributed by atoms with E-state index in [4.69, 9.17) is 4.42 Å². The minimum atomic E-state index is -0.301. The lowest BCUT2D eigenvalue weighted by atomic mass is 9.36. The summed E-state index contributed by atoms with van der Waals surface area (Å²) in [6.07, 6.45) is 0. The van der Waals surface area contributed by atoms with Crippen molar-refractivity contribution in [2.75, 3.05) is 9.80 Å². The Bertz CT molecular complexity index is 5910. The van der Waals surface area contributed by atoms with E-state index in [9.17, 15) is 0 Å². The predicted molar refractivity (Wildman–Crippen MR) is 470 cm³/mol. The SMILES string of the molecule is CC(C)(C)c1ccc(-c2cc(C(C)(C)C)cc(-c3ccc(C(C)(C)C)cc3)c2N2c3ccc(-n4c5ccccc5c5ccccc54)cc3B3c4sc5ccc(C(C)(C)C)cc5c4N(c4c(-c5ccc(C(C)(C)C)cc5)cc(C(C)(C)C)cc4-c4ccc(C(C)(C)C)cc4)c4c3c2cc2c4oc3ccccc32)cc1. The van der Waals surface area contributed by atoms with Gasteiger partial charge in [-0.3, -0.25) is 0 Å². The van der Waals surface area contributed by atoms with E-state index in [2.05, 4.69) is 396 Å². The molecule has 540 valence electrons. The molecule has 12 aromatic carbocycles. The molecule has 0 spiro atoms. The zero-order chi connectivity index (χ0) is 76.0. The molecule has 0 N–H and O–H groups in total. The molecule has 5 heterocycles. The molecule has 3 aromatic heterocycles. The van der Waals surface area contributed by atoms with Crippen molar-refractivity contribution >= 4 is 122 Å². The Hall–Kier alpha value is -10.1. The first-order chi connectivity index (χ1) is 51.0. The number of benzene rings is 12. The van der Waals surface area contributed by atoms with Crippen molar-refractivity contribution in [1.82, 2.24) is 4.57 Å². The average Bonchev–Trinajstić information content (AvgIpc) is 1.34. The molecular formula is C102H102BN3OS. The molecule has 0 aliphatic carbocycles. The Morgan fingerprint density at radius 2 is 0.685 bits per heavy atom. The van der Waals surface area contributed by atoms with Crippen molar-refractivity contribution in [3.8, 4) is 50.2 Å². The summed E-state index contributed by atoms with van der Waals surface area (Å²) >= 11 is 1.97. The van der Waals surface area contributed by atoms with E-state index in [1.807, 2.05) is 11.3 Å². The molecule has 2 aliphatic heterocycles. The number of anilines is 6. The van der Waals surface area contributed by atoms with E-state index in [1.165, 1.54) is 103 Å². The number of aromatic nitrogens is 1. The number of nitrogens with zero attached hydrogens (tertiary/aromatic N) is 3. The van der Waals surface area contributed by atoms with Crippen molar-refractivity contribution in [2.24, 2.45) is 0 Å². The maximum Gasteiger partial charge on any atom is 0.264 e. The Morgan fingerprint density at radius 3 is 1.11 bits per heavy atom. The molecule has 0 fully saturated rings. The van der Waals surface area contributed by atoms with Gasteiger partial charge in [-0.1, -0.05) is 303 Å². The number of furan rings is 1. The van der Waals surface area contributed by atoms with E-state index in [-0.39, 0.29) is 44.6 Å². The van der Waals surface area contributed by atoms with E-state index in [0.29, 0.717) is 0 Å². The molecule has 0 saturated heterocycles. The maximum atomic E-state index is 7.90. The van der Waals surface area contributed by atoms with Crippen LogP contribution in [0.25, 0.3) is 104 Å². The quantitative estimate of drug-likeness (QED) is 0.149. The molecule has 0 amide bonds. The van der Waals surface area contributed by atoms with Crippen LogP contribution in [-0.4, -0.2) is 11.3 Å². The molecule has 108 heavy (non-hydrogen) atoms. The van der Waals surface area contributed by atoms with Gasteiger partial charge in [0.15, 0.2) is 5.58 Å². The Morgan fingerprint density at radius 1 is 0.296 bits per heavy atom. The van der Waals surface area contributed by atoms with Crippen LogP contribution in [0.2, 0.25) is 0 Å². The number of hydrogen-bond donors (Lipinski definition) is 0. The van der Waals surface area contributed by atoms with Crippen LogP contribution in [0.1, 0.15) is 184 Å². The molecule has 15 aromatic rings. The fourth-order valence-corrected chi connectivity index (χ4v) is 18.4. The molecule has 4 nitrogen and oxygen atoms in total. The monoisotopic (exact) mass is 1430 g/mol. The summed E-state index contributed by atoms with van der Waals surface area (Å²) in [6.45, 7) is 49.0. The van der Waals surface area contributed by atoms with Crippen molar-refractivity contribution in [3.05, 3.63) is 276 Å². The van der Waals surface area contributed by atoms with Crippen LogP contribution in [0.15, 0.2) is 241 Å². The van der Waals surface area contributed by atoms with Gasteiger partial charge in [-0.25, -0.2) is 0 Å². The molecule has 0 saturated carbocycles. The first-order valence-electron chi connectivity index (χ1n) is 39.1. The van der Waals surface area contributed by atoms with Gasteiger partial charge in [0.05, 0.1) is 33.8 Å². The molecule has 0 atom stereocenters. The van der Waals surface area contributed by atoms with Crippen LogP contribution >= 0.6 is 11.3 Å². The molecule has 0 unspecified atom stereocenters. The van der Waals surface area contributed by atoms with Gasteiger partial charge in [-0.2, -0.15) is 0 Å². The Kier molecular flexibility index (Phi) is 16.2. The summed E-state index contributed by atoms with van der Waals surface area (Å²) in [5, 5.41) is 5.83. The van der Waals surface area contributed by atoms with Crippen LogP contribution < -0.4 is 25.5 Å². The summed E-state index contributed by atoms with van der Waals surface area (Å²) in [5.74, 6) is 0. The highest BCUT2D eigenvalue weighted by Gasteiger charge is 2.49. The molecular weight excluding hydrogens is 1330 g/mol. The highest BCUT2D eigenvalue weighted by Crippen LogP contribution is 2.59. The third-order valence-electron chi connectivity index (χ3n) is 23.5. The van der Waals surface area contributed by atoms with Crippen LogP contribution in [0.3, 0.4) is 0 Å². The Balaban J connectivity index is 1.11. The second kappa shape index (κ2) is 24.7. The van der Waals surface area contributed by atoms with Gasteiger partial charge in [0.1, 0.15) is 5.58 Å². The minimum Gasteiger partial charge on any atom is -0.454 e. The molecule has 17 rings (SSSR count). The fraction of sp³-hybridized carbons (Fsp3) is 0.275. The number of fused-ring (bicyclic) bond motifs is 13. The first kappa shape index (κ1) is 70.8. The van der Waals surface area contributed by atoms with Crippen LogP contribution in [0.5, 0.6) is 0 Å².